The molecule has 1 atom stereocenters. The summed E-state index contributed by atoms with van der Waals surface area (Å²) < 4.78 is 20.8. The summed E-state index contributed by atoms with van der Waals surface area (Å²) in [5, 5.41) is 17.9. The molecule has 2 saturated heterocycles. The topological polar surface area (TPSA) is 127 Å². The molecule has 4 N–H and O–H groups in total. The number of hydrogen-bond acceptors (Lipinski definition) is 10. The Morgan fingerprint density at radius 2 is 1.90 bits per heavy atom. The Morgan fingerprint density at radius 1 is 1.12 bits per heavy atom. The van der Waals surface area contributed by atoms with Gasteiger partial charge in [0.2, 0.25) is 11.9 Å². The van der Waals surface area contributed by atoms with Crippen LogP contribution in [0.2, 0.25) is 0 Å². The van der Waals surface area contributed by atoms with Crippen molar-refractivity contribution in [1.29, 1.82) is 0 Å². The first kappa shape index (κ1) is 34.8. The number of benzene rings is 1. The van der Waals surface area contributed by atoms with Gasteiger partial charge in [-0.1, -0.05) is 38.7 Å². The summed E-state index contributed by atoms with van der Waals surface area (Å²) >= 11 is 0. The van der Waals surface area contributed by atoms with E-state index in [0.717, 1.165) is 38.3 Å². The highest BCUT2D eigenvalue weighted by Gasteiger charge is 2.23. The molecule has 4 heterocycles. The number of carbonyl (C=O) groups excluding carboxylic acids is 1. The first-order chi connectivity index (χ1) is 24.2. The van der Waals surface area contributed by atoms with Gasteiger partial charge in [0.05, 0.1) is 30.0 Å². The number of nitrogens with zero attached hydrogens (tertiary/aromatic N) is 6. The largest absolute Gasteiger partial charge is 0.378 e. The van der Waals surface area contributed by atoms with E-state index in [1.54, 1.807) is 19.1 Å². The minimum absolute atomic E-state index is 0.142. The molecule has 13 heteroatoms. The second-order valence-corrected chi connectivity index (χ2v) is 13.0. The number of carbonyl (C=O) groups is 1. The Bertz CT molecular complexity index is 1850. The molecule has 1 aliphatic carbocycles. The number of morpholine rings is 1. The second kappa shape index (κ2) is 15.7. The van der Waals surface area contributed by atoms with Gasteiger partial charge in [0.25, 0.3) is 0 Å². The standard InChI is InChI=1S/C37H47FN10O2/c1-6-8-26(21-25(4)39-32(49)7-2)34-33-35(40-27-9-10-31(30(38)23-27)48-15-17-50-18-16-48)44-45-36(33)43-37(42-34)41-28-19-24(3)20-29(22-28)47-13-11-46(5)12-14-47/h6,8-10,20-24H,4,7,11-19H2,1-3,5H3,(H,39,49)(H3,40,41,42,43,44,45)/b8-6-,26-21+. The van der Waals surface area contributed by atoms with Crippen molar-refractivity contribution in [1.82, 2.24) is 35.3 Å². The summed E-state index contributed by atoms with van der Waals surface area (Å²) in [6.45, 7) is 16.4. The van der Waals surface area contributed by atoms with Crippen LogP contribution in [-0.2, 0) is 9.53 Å². The number of rotatable bonds is 11. The molecule has 0 spiro atoms. The lowest BCUT2D eigenvalue weighted by Crippen LogP contribution is -2.44. The number of amides is 1. The fraction of sp³-hybridized carbons (Fsp3) is 0.405. The molecule has 264 valence electrons. The summed E-state index contributed by atoms with van der Waals surface area (Å²) in [5.41, 5.74) is 5.39. The van der Waals surface area contributed by atoms with Crippen LogP contribution in [-0.4, -0.2) is 95.4 Å². The summed E-state index contributed by atoms with van der Waals surface area (Å²) in [5.74, 6) is 0.756. The number of nitrogens with one attached hydrogen (secondary N) is 4. The fourth-order valence-electron chi connectivity index (χ4n) is 6.41. The van der Waals surface area contributed by atoms with Crippen LogP contribution in [0.1, 0.15) is 39.3 Å². The normalized spacial score (nSPS) is 19.1. The summed E-state index contributed by atoms with van der Waals surface area (Å²) in [6, 6.07) is 5.08. The molecule has 12 nitrogen and oxygen atoms in total. The number of fused-ring (bicyclic) bond motifs is 1. The molecule has 0 saturated carbocycles. The van der Waals surface area contributed by atoms with Crippen LogP contribution in [0.5, 0.6) is 0 Å². The van der Waals surface area contributed by atoms with Gasteiger partial charge in [0.15, 0.2) is 5.65 Å². The summed E-state index contributed by atoms with van der Waals surface area (Å²) in [4.78, 5) is 28.8. The van der Waals surface area contributed by atoms with Crippen molar-refractivity contribution < 1.29 is 13.9 Å². The molecule has 6 rings (SSSR count). The van der Waals surface area contributed by atoms with E-state index in [0.29, 0.717) is 89.8 Å². The number of hydrogen-bond donors (Lipinski definition) is 4. The molecule has 2 aliphatic heterocycles. The Morgan fingerprint density at radius 3 is 2.62 bits per heavy atom. The van der Waals surface area contributed by atoms with Gasteiger partial charge >= 0.3 is 0 Å². The van der Waals surface area contributed by atoms with Gasteiger partial charge in [-0.15, -0.1) is 0 Å². The van der Waals surface area contributed by atoms with Crippen molar-refractivity contribution >= 4 is 45.7 Å². The van der Waals surface area contributed by atoms with Crippen molar-refractivity contribution in [2.24, 2.45) is 5.92 Å². The lowest BCUT2D eigenvalue weighted by molar-refractivity contribution is -0.119. The maximum Gasteiger partial charge on any atom is 0.229 e. The first-order valence-electron chi connectivity index (χ1n) is 17.3. The van der Waals surface area contributed by atoms with E-state index < -0.39 is 0 Å². The molecule has 0 radical (unpaired) electrons. The van der Waals surface area contributed by atoms with Crippen molar-refractivity contribution in [3.63, 3.8) is 0 Å². The maximum absolute atomic E-state index is 15.4. The number of halogens is 1. The van der Waals surface area contributed by atoms with Gasteiger partial charge in [-0.05, 0) is 56.7 Å². The van der Waals surface area contributed by atoms with Crippen LogP contribution in [0.3, 0.4) is 0 Å². The van der Waals surface area contributed by atoms with Crippen molar-refractivity contribution in [3.8, 4) is 0 Å². The molecule has 1 aromatic carbocycles. The number of aromatic nitrogens is 4. The average molecular weight is 683 g/mol. The third-order valence-electron chi connectivity index (χ3n) is 9.01. The number of piperazine rings is 1. The van der Waals surface area contributed by atoms with Crippen LogP contribution >= 0.6 is 0 Å². The average Bonchev–Trinajstić information content (AvgIpc) is 3.50. The monoisotopic (exact) mass is 682 g/mol. The highest BCUT2D eigenvalue weighted by molar-refractivity contribution is 6.00. The quantitative estimate of drug-likeness (QED) is 0.192. The molecule has 2 fully saturated rings. The van der Waals surface area contributed by atoms with Gasteiger partial charge in [-0.25, -0.2) is 9.37 Å². The number of H-pyrrole nitrogens is 1. The SMILES string of the molecule is C=C(/C=C(\C=C/C)c1nc(NC2=CC(N3CCN(C)CC3)=CC(C)C2)nc2n[nH]c(Nc3ccc(N4CCOCC4)c(F)c3)c12)NC(=O)CC. The van der Waals surface area contributed by atoms with Crippen LogP contribution in [0.25, 0.3) is 16.6 Å². The third kappa shape index (κ3) is 8.23. The van der Waals surface area contributed by atoms with Crippen molar-refractivity contribution in [3.05, 3.63) is 83.8 Å². The number of allylic oxidation sites excluding steroid dienone is 7. The van der Waals surface area contributed by atoms with Gasteiger partial charge in [0, 0.05) is 74.0 Å². The number of ether oxygens (including phenoxy) is 1. The molecule has 1 amide bonds. The highest BCUT2D eigenvalue weighted by atomic mass is 19.1. The van der Waals surface area contributed by atoms with Crippen LogP contribution in [0, 0.1) is 11.7 Å². The van der Waals surface area contributed by atoms with E-state index in [2.05, 4.69) is 68.6 Å². The molecular formula is C37H47FN10O2. The number of anilines is 4. The molecule has 2 aromatic heterocycles. The second-order valence-electron chi connectivity index (χ2n) is 13.0. The Balaban J connectivity index is 1.36. The minimum Gasteiger partial charge on any atom is -0.378 e. The third-order valence-corrected chi connectivity index (χ3v) is 9.01. The van der Waals surface area contributed by atoms with Gasteiger partial charge in [-0.3, -0.25) is 9.89 Å². The lowest BCUT2D eigenvalue weighted by atomic mass is 9.97. The Labute approximate surface area is 292 Å². The summed E-state index contributed by atoms with van der Waals surface area (Å²) in [7, 11) is 2.16. The Kier molecular flexibility index (Phi) is 10.9. The van der Waals surface area contributed by atoms with E-state index in [-0.39, 0.29) is 11.7 Å². The molecule has 3 aromatic rings. The zero-order valence-corrected chi connectivity index (χ0v) is 29.4. The smallest absolute Gasteiger partial charge is 0.229 e. The van der Waals surface area contributed by atoms with Gasteiger partial charge in [-0.2, -0.15) is 10.1 Å². The lowest BCUT2D eigenvalue weighted by Gasteiger charge is -2.36. The highest BCUT2D eigenvalue weighted by Crippen LogP contribution is 2.34. The van der Waals surface area contributed by atoms with E-state index in [1.165, 1.54) is 11.8 Å². The molecule has 3 aliphatic rings. The van der Waals surface area contributed by atoms with E-state index in [1.807, 2.05) is 30.0 Å². The molecule has 50 heavy (non-hydrogen) atoms. The predicted molar refractivity (Wildman–Crippen MR) is 197 cm³/mol. The number of aromatic amines is 1. The van der Waals surface area contributed by atoms with Crippen molar-refractivity contribution in [2.45, 2.75) is 33.6 Å². The van der Waals surface area contributed by atoms with Gasteiger partial charge < -0.3 is 35.4 Å². The maximum atomic E-state index is 15.4. The predicted octanol–water partition coefficient (Wildman–Crippen LogP) is 5.54. The fourth-order valence-corrected chi connectivity index (χ4v) is 6.41. The van der Waals surface area contributed by atoms with Crippen LogP contribution in [0.4, 0.5) is 27.5 Å². The van der Waals surface area contributed by atoms with Crippen molar-refractivity contribution in [2.75, 3.05) is 75.1 Å². The molecule has 0 bridgehead atoms. The minimum atomic E-state index is -0.332. The molecular weight excluding hydrogens is 635 g/mol. The zero-order valence-electron chi connectivity index (χ0n) is 29.4. The Hall–Kier alpha value is -5.01. The van der Waals surface area contributed by atoms with Crippen LogP contribution < -0.4 is 20.9 Å². The molecule has 1 unspecified atom stereocenters. The first-order valence-corrected chi connectivity index (χ1v) is 17.3. The zero-order chi connectivity index (χ0) is 35.2. The summed E-state index contributed by atoms with van der Waals surface area (Å²) in [6.07, 6.45) is 11.2. The van der Waals surface area contributed by atoms with E-state index in [4.69, 9.17) is 14.7 Å². The van der Waals surface area contributed by atoms with Crippen LogP contribution in [0.15, 0.2) is 72.2 Å². The van der Waals surface area contributed by atoms with E-state index >= 15 is 4.39 Å². The van der Waals surface area contributed by atoms with Gasteiger partial charge in [0.1, 0.15) is 11.6 Å². The van der Waals surface area contributed by atoms with E-state index in [9.17, 15) is 4.79 Å². The number of likely N-dealkylation sites (N-methyl/N-ethyl adjacent to an activating group) is 1.